The van der Waals surface area contributed by atoms with Gasteiger partial charge in [-0.25, -0.2) is 4.79 Å². The summed E-state index contributed by atoms with van der Waals surface area (Å²) in [7, 11) is 0. The van der Waals surface area contributed by atoms with Crippen LogP contribution in [0.1, 0.15) is 43.5 Å². The third-order valence-corrected chi connectivity index (χ3v) is 6.70. The SMILES string of the molecule is Cc1cccc(NC(=O)C(=O)[C@H](C(=O)c2ccc3ccccc3c2)[C@@H]2OC(=O)c3ccccc32)c1C. The molecule has 0 fully saturated rings. The topological polar surface area (TPSA) is 89.5 Å². The van der Waals surface area contributed by atoms with Gasteiger partial charge in [-0.1, -0.05) is 66.7 Å². The van der Waals surface area contributed by atoms with Gasteiger partial charge < -0.3 is 10.1 Å². The van der Waals surface area contributed by atoms with Crippen LogP contribution in [0.15, 0.2) is 84.9 Å². The molecular formula is C30H23NO5. The molecule has 1 heterocycles. The first-order valence-corrected chi connectivity index (χ1v) is 11.6. The fourth-order valence-corrected chi connectivity index (χ4v) is 4.55. The number of rotatable bonds is 6. The molecule has 0 saturated carbocycles. The van der Waals surface area contributed by atoms with Crippen molar-refractivity contribution in [1.29, 1.82) is 0 Å². The fourth-order valence-electron chi connectivity index (χ4n) is 4.55. The number of hydrogen-bond donors (Lipinski definition) is 1. The van der Waals surface area contributed by atoms with Crippen molar-refractivity contribution in [3.05, 3.63) is 113 Å². The van der Waals surface area contributed by atoms with Crippen LogP contribution < -0.4 is 5.32 Å². The minimum absolute atomic E-state index is 0.256. The van der Waals surface area contributed by atoms with Gasteiger partial charge in [0.2, 0.25) is 5.78 Å². The molecule has 5 rings (SSSR count). The highest BCUT2D eigenvalue weighted by atomic mass is 16.5. The predicted molar refractivity (Wildman–Crippen MR) is 136 cm³/mol. The van der Waals surface area contributed by atoms with Gasteiger partial charge in [-0.15, -0.1) is 0 Å². The van der Waals surface area contributed by atoms with Crippen LogP contribution >= 0.6 is 0 Å². The second-order valence-electron chi connectivity index (χ2n) is 8.88. The zero-order valence-electron chi connectivity index (χ0n) is 19.8. The van der Waals surface area contributed by atoms with Crippen molar-refractivity contribution >= 4 is 39.9 Å². The molecule has 178 valence electrons. The molecule has 0 saturated heterocycles. The molecular weight excluding hydrogens is 454 g/mol. The Morgan fingerprint density at radius 3 is 2.36 bits per heavy atom. The molecule has 1 N–H and O–H groups in total. The molecule has 1 aliphatic rings. The number of Topliss-reactive ketones (excluding diaryl/α,β-unsaturated/α-hetero) is 2. The van der Waals surface area contributed by atoms with Gasteiger partial charge in [0.25, 0.3) is 5.91 Å². The predicted octanol–water partition coefficient (Wildman–Crippen LogP) is 5.38. The molecule has 2 atom stereocenters. The Kier molecular flexibility index (Phi) is 5.94. The van der Waals surface area contributed by atoms with Crippen LogP contribution in [0.2, 0.25) is 0 Å². The van der Waals surface area contributed by atoms with Gasteiger partial charge in [0, 0.05) is 16.8 Å². The number of carbonyl (C=O) groups excluding carboxylic acids is 4. The summed E-state index contributed by atoms with van der Waals surface area (Å²) in [6, 6.07) is 24.6. The van der Waals surface area contributed by atoms with Gasteiger partial charge in [-0.2, -0.15) is 0 Å². The Morgan fingerprint density at radius 2 is 1.56 bits per heavy atom. The molecule has 0 aromatic heterocycles. The summed E-state index contributed by atoms with van der Waals surface area (Å²) < 4.78 is 5.53. The first kappa shape index (κ1) is 23.2. The second-order valence-corrected chi connectivity index (χ2v) is 8.88. The molecule has 0 bridgehead atoms. The number of amides is 1. The lowest BCUT2D eigenvalue weighted by Gasteiger charge is -2.21. The Bertz CT molecular complexity index is 1550. The zero-order valence-corrected chi connectivity index (χ0v) is 19.8. The number of aryl methyl sites for hydroxylation is 1. The summed E-state index contributed by atoms with van der Waals surface area (Å²) in [4.78, 5) is 53.1. The molecule has 4 aromatic rings. The summed E-state index contributed by atoms with van der Waals surface area (Å²) in [5.41, 5.74) is 3.19. The first-order valence-electron chi connectivity index (χ1n) is 11.6. The van der Waals surface area contributed by atoms with Crippen LogP contribution in [0.4, 0.5) is 5.69 Å². The van der Waals surface area contributed by atoms with Crippen LogP contribution in [0.25, 0.3) is 10.8 Å². The number of benzene rings is 4. The average molecular weight is 478 g/mol. The van der Waals surface area contributed by atoms with E-state index >= 15 is 0 Å². The highest BCUT2D eigenvalue weighted by Gasteiger charge is 2.46. The van der Waals surface area contributed by atoms with Crippen LogP contribution in [0, 0.1) is 19.8 Å². The number of ether oxygens (including phenoxy) is 1. The van der Waals surface area contributed by atoms with Crippen molar-refractivity contribution in [2.75, 3.05) is 5.32 Å². The number of hydrogen-bond acceptors (Lipinski definition) is 5. The van der Waals surface area contributed by atoms with Crippen molar-refractivity contribution < 1.29 is 23.9 Å². The Labute approximate surface area is 207 Å². The number of cyclic esters (lactones) is 1. The molecule has 1 amide bonds. The zero-order chi connectivity index (χ0) is 25.4. The van der Waals surface area contributed by atoms with E-state index in [1.807, 2.05) is 44.2 Å². The van der Waals surface area contributed by atoms with Crippen LogP contribution in [-0.4, -0.2) is 23.4 Å². The largest absolute Gasteiger partial charge is 0.453 e. The smallest absolute Gasteiger partial charge is 0.339 e. The first-order chi connectivity index (χ1) is 17.3. The van der Waals surface area contributed by atoms with E-state index in [4.69, 9.17) is 4.74 Å². The molecule has 4 aromatic carbocycles. The van der Waals surface area contributed by atoms with E-state index in [0.717, 1.165) is 21.9 Å². The summed E-state index contributed by atoms with van der Waals surface area (Å²) in [6.07, 6.45) is -1.20. The molecule has 0 spiro atoms. The minimum Gasteiger partial charge on any atom is -0.453 e. The molecule has 1 aliphatic heterocycles. The standard InChI is InChI=1S/C30H23NO5/c1-17-8-7-13-24(18(17)2)31-29(34)27(33)25(28-22-11-5-6-12-23(22)30(35)36-28)26(32)21-15-14-19-9-3-4-10-20(19)16-21/h3-16,25,28H,1-2H3,(H,31,34)/t25-,28+/m0/s1. The lowest BCUT2D eigenvalue weighted by Crippen LogP contribution is -2.38. The lowest BCUT2D eigenvalue weighted by molar-refractivity contribution is -0.138. The number of nitrogens with one attached hydrogen (secondary N) is 1. The van der Waals surface area contributed by atoms with Gasteiger partial charge in [0.1, 0.15) is 12.0 Å². The molecule has 0 aliphatic carbocycles. The second kappa shape index (κ2) is 9.23. The molecule has 0 unspecified atom stereocenters. The van der Waals surface area contributed by atoms with Gasteiger partial charge in [-0.05, 0) is 53.9 Å². The number of fused-ring (bicyclic) bond motifs is 2. The molecule has 6 nitrogen and oxygen atoms in total. The number of ketones is 2. The lowest BCUT2D eigenvalue weighted by atomic mass is 9.84. The van der Waals surface area contributed by atoms with E-state index in [1.54, 1.807) is 54.6 Å². The van der Waals surface area contributed by atoms with Crippen LogP contribution in [0.5, 0.6) is 0 Å². The van der Waals surface area contributed by atoms with E-state index in [9.17, 15) is 19.2 Å². The van der Waals surface area contributed by atoms with Crippen molar-refractivity contribution in [3.63, 3.8) is 0 Å². The maximum atomic E-state index is 13.8. The fraction of sp³-hybridized carbons (Fsp3) is 0.133. The maximum Gasteiger partial charge on any atom is 0.339 e. The highest BCUT2D eigenvalue weighted by Crippen LogP contribution is 2.38. The van der Waals surface area contributed by atoms with Gasteiger partial charge >= 0.3 is 5.97 Å². The van der Waals surface area contributed by atoms with Gasteiger partial charge in [0.05, 0.1) is 5.56 Å². The van der Waals surface area contributed by atoms with E-state index in [-0.39, 0.29) is 11.1 Å². The third-order valence-electron chi connectivity index (χ3n) is 6.70. The van der Waals surface area contributed by atoms with Gasteiger partial charge in [0.15, 0.2) is 5.78 Å². The maximum absolute atomic E-state index is 13.8. The number of anilines is 1. The van der Waals surface area contributed by atoms with Crippen LogP contribution in [0.3, 0.4) is 0 Å². The van der Waals surface area contributed by atoms with E-state index in [1.165, 1.54) is 0 Å². The number of carbonyl (C=O) groups is 4. The third kappa shape index (κ3) is 4.07. The summed E-state index contributed by atoms with van der Waals surface area (Å²) in [5.74, 6) is -4.67. The summed E-state index contributed by atoms with van der Waals surface area (Å²) >= 11 is 0. The highest BCUT2D eigenvalue weighted by molar-refractivity contribution is 6.45. The Hall–Kier alpha value is -4.58. The summed E-state index contributed by atoms with van der Waals surface area (Å²) in [5, 5.41) is 4.40. The van der Waals surface area contributed by atoms with Gasteiger partial charge in [-0.3, -0.25) is 14.4 Å². The number of esters is 1. The van der Waals surface area contributed by atoms with Crippen molar-refractivity contribution in [1.82, 2.24) is 0 Å². The normalized spacial score (nSPS) is 15.2. The minimum atomic E-state index is -1.54. The molecule has 0 radical (unpaired) electrons. The van der Waals surface area contributed by atoms with Crippen molar-refractivity contribution in [3.8, 4) is 0 Å². The van der Waals surface area contributed by atoms with E-state index in [2.05, 4.69) is 5.32 Å². The molecule has 36 heavy (non-hydrogen) atoms. The van der Waals surface area contributed by atoms with Crippen molar-refractivity contribution in [2.24, 2.45) is 5.92 Å². The Balaban J connectivity index is 1.55. The van der Waals surface area contributed by atoms with E-state index < -0.39 is 35.5 Å². The quantitative estimate of drug-likeness (QED) is 0.174. The average Bonchev–Trinajstić information content (AvgIpc) is 3.22. The monoisotopic (exact) mass is 477 g/mol. The Morgan fingerprint density at radius 1 is 0.833 bits per heavy atom. The molecule has 6 heteroatoms. The summed E-state index contributed by atoms with van der Waals surface area (Å²) in [6.45, 7) is 3.73. The van der Waals surface area contributed by atoms with Crippen LogP contribution in [-0.2, 0) is 14.3 Å². The van der Waals surface area contributed by atoms with Crippen molar-refractivity contribution in [2.45, 2.75) is 20.0 Å². The van der Waals surface area contributed by atoms with E-state index in [0.29, 0.717) is 11.3 Å².